The van der Waals surface area contributed by atoms with Gasteiger partial charge in [-0.3, -0.25) is 0 Å². The molecule has 0 aromatic heterocycles. The number of methoxy groups -OCH3 is 1. The van der Waals surface area contributed by atoms with Gasteiger partial charge >= 0.3 is 5.97 Å². The maximum Gasteiger partial charge on any atom is 0.331 e. The number of esters is 1. The maximum absolute atomic E-state index is 10.8. The minimum Gasteiger partial charge on any atom is -0.491 e. The van der Waals surface area contributed by atoms with Gasteiger partial charge in [-0.05, 0) is 30.5 Å². The summed E-state index contributed by atoms with van der Waals surface area (Å²) in [6.45, 7) is 6.99. The van der Waals surface area contributed by atoms with Crippen LogP contribution in [0.4, 0.5) is 0 Å². The summed E-state index contributed by atoms with van der Waals surface area (Å²) in [6.07, 6.45) is 10.5. The molecule has 1 aromatic carbocycles. The van der Waals surface area contributed by atoms with E-state index in [0.29, 0.717) is 66.1 Å². The predicted molar refractivity (Wildman–Crippen MR) is 140 cm³/mol. The van der Waals surface area contributed by atoms with Crippen molar-refractivity contribution in [3.63, 3.8) is 0 Å². The molecule has 1 rings (SSSR count). The van der Waals surface area contributed by atoms with Crippen LogP contribution >= 0.6 is 0 Å². The number of aryl methyl sites for hydroxylation is 1. The van der Waals surface area contributed by atoms with Gasteiger partial charge in [0.15, 0.2) is 0 Å². The smallest absolute Gasteiger partial charge is 0.331 e. The average molecular weight is 513 g/mol. The molecule has 8 heteroatoms. The number of carbonyl (C=O) groups is 1. The van der Waals surface area contributed by atoms with Gasteiger partial charge in [0.1, 0.15) is 19.0 Å². The third-order valence-electron chi connectivity index (χ3n) is 5.42. The second kappa shape index (κ2) is 25.0. The number of rotatable bonds is 26. The van der Waals surface area contributed by atoms with Gasteiger partial charge in [-0.1, -0.05) is 57.6 Å². The summed E-state index contributed by atoms with van der Waals surface area (Å²) in [5.41, 5.74) is 1.38. The molecule has 0 radical (unpaired) electrons. The highest BCUT2D eigenvalue weighted by atomic mass is 16.6. The van der Waals surface area contributed by atoms with E-state index in [1.165, 1.54) is 57.6 Å². The lowest BCUT2D eigenvalue weighted by molar-refractivity contribution is -0.146. The van der Waals surface area contributed by atoms with Crippen molar-refractivity contribution < 1.29 is 38.0 Å². The molecule has 0 saturated heterocycles. The Labute approximate surface area is 217 Å². The lowest BCUT2D eigenvalue weighted by Crippen LogP contribution is -2.15. The summed E-state index contributed by atoms with van der Waals surface area (Å²) in [7, 11) is 1.32. The molecule has 208 valence electrons. The second-order valence-electron chi connectivity index (χ2n) is 8.44. The quantitative estimate of drug-likeness (QED) is 0.131. The largest absolute Gasteiger partial charge is 0.491 e. The van der Waals surface area contributed by atoms with Gasteiger partial charge in [0, 0.05) is 0 Å². The van der Waals surface area contributed by atoms with Crippen LogP contribution in [-0.2, 0) is 39.6 Å². The number of benzene rings is 1. The molecule has 0 spiro atoms. The summed E-state index contributed by atoms with van der Waals surface area (Å²) in [4.78, 5) is 10.8. The summed E-state index contributed by atoms with van der Waals surface area (Å²) in [5.74, 6) is 0.486. The first-order valence-corrected chi connectivity index (χ1v) is 13.4. The Morgan fingerprint density at radius 1 is 0.611 bits per heavy atom. The highest BCUT2D eigenvalue weighted by Gasteiger charge is 2.00. The molecule has 0 amide bonds. The molecule has 0 heterocycles. The highest BCUT2D eigenvalue weighted by Crippen LogP contribution is 2.15. The first kappa shape index (κ1) is 32.3. The third kappa shape index (κ3) is 20.5. The topological polar surface area (TPSA) is 81.7 Å². The highest BCUT2D eigenvalue weighted by molar-refractivity contribution is 5.70. The zero-order valence-electron chi connectivity index (χ0n) is 22.5. The minimum absolute atomic E-state index is 0.0579. The van der Waals surface area contributed by atoms with Crippen molar-refractivity contribution in [2.24, 2.45) is 0 Å². The van der Waals surface area contributed by atoms with Gasteiger partial charge in [-0.15, -0.1) is 0 Å². The van der Waals surface area contributed by atoms with Crippen LogP contribution in [0.15, 0.2) is 24.3 Å². The molecular formula is C28H48O8. The summed E-state index contributed by atoms with van der Waals surface area (Å²) in [5, 5.41) is 0. The zero-order valence-corrected chi connectivity index (χ0v) is 22.5. The average Bonchev–Trinajstić information content (AvgIpc) is 2.90. The lowest BCUT2D eigenvalue weighted by atomic mass is 10.0. The number of hydrogen-bond acceptors (Lipinski definition) is 8. The molecule has 0 N–H and O–H groups in total. The van der Waals surface area contributed by atoms with Crippen molar-refractivity contribution in [3.05, 3.63) is 29.8 Å². The molecule has 0 fully saturated rings. The van der Waals surface area contributed by atoms with Crippen LogP contribution in [0.3, 0.4) is 0 Å². The van der Waals surface area contributed by atoms with E-state index in [2.05, 4.69) is 23.8 Å². The zero-order chi connectivity index (χ0) is 25.9. The van der Waals surface area contributed by atoms with Gasteiger partial charge in [0.05, 0.1) is 66.6 Å². The van der Waals surface area contributed by atoms with Crippen molar-refractivity contribution in [2.75, 3.05) is 79.8 Å². The van der Waals surface area contributed by atoms with E-state index in [0.717, 1.165) is 12.2 Å². The van der Waals surface area contributed by atoms with E-state index in [-0.39, 0.29) is 6.61 Å². The van der Waals surface area contributed by atoms with Crippen LogP contribution in [0.1, 0.15) is 57.4 Å². The fourth-order valence-electron chi connectivity index (χ4n) is 3.35. The molecular weight excluding hydrogens is 464 g/mol. The Hall–Kier alpha value is -1.71. The van der Waals surface area contributed by atoms with Gasteiger partial charge in [0.25, 0.3) is 0 Å². The molecule has 0 unspecified atom stereocenters. The van der Waals surface area contributed by atoms with Crippen molar-refractivity contribution in [1.82, 2.24) is 0 Å². The molecule has 8 nitrogen and oxygen atoms in total. The van der Waals surface area contributed by atoms with Crippen molar-refractivity contribution >= 4 is 5.97 Å². The Morgan fingerprint density at radius 2 is 1.08 bits per heavy atom. The Kier molecular flexibility index (Phi) is 22.4. The van der Waals surface area contributed by atoms with Crippen molar-refractivity contribution in [2.45, 2.75) is 58.3 Å². The summed E-state index contributed by atoms with van der Waals surface area (Å²) >= 11 is 0. The molecule has 36 heavy (non-hydrogen) atoms. The number of hydrogen-bond donors (Lipinski definition) is 0. The molecule has 0 aliphatic carbocycles. The van der Waals surface area contributed by atoms with Gasteiger partial charge < -0.3 is 33.2 Å². The number of unbranched alkanes of at least 4 members (excludes halogenated alkanes) is 6. The molecule has 0 aliphatic rings. The molecule has 0 saturated carbocycles. The molecule has 0 aliphatic heterocycles. The summed E-state index contributed by atoms with van der Waals surface area (Å²) < 4.78 is 37.0. The predicted octanol–water partition coefficient (Wildman–Crippen LogP) is 4.61. The normalized spacial score (nSPS) is 11.1. The van der Waals surface area contributed by atoms with E-state index >= 15 is 0 Å². The Balaban J connectivity index is 1.82. The third-order valence-corrected chi connectivity index (χ3v) is 5.42. The van der Waals surface area contributed by atoms with Gasteiger partial charge in [-0.25, -0.2) is 4.79 Å². The van der Waals surface area contributed by atoms with E-state index in [1.54, 1.807) is 0 Å². The van der Waals surface area contributed by atoms with Gasteiger partial charge in [-0.2, -0.15) is 0 Å². The fraction of sp³-hybridized carbons (Fsp3) is 0.750. The van der Waals surface area contributed by atoms with Crippen LogP contribution in [0.25, 0.3) is 0 Å². The molecule has 1 aromatic rings. The second-order valence-corrected chi connectivity index (χ2v) is 8.44. The standard InChI is InChI=1S/C28H48O8/c1-3-4-5-6-7-8-9-10-26-11-13-27(14-12-26)36-24-23-34-20-19-32-16-15-31-17-18-33-21-22-35-25-28(29)30-2/h11-14H,3-10,15-25H2,1-2H3. The van der Waals surface area contributed by atoms with Crippen LogP contribution < -0.4 is 4.74 Å². The lowest BCUT2D eigenvalue weighted by Gasteiger charge is -2.09. The fourth-order valence-corrected chi connectivity index (χ4v) is 3.35. The number of carbonyl (C=O) groups excluding carboxylic acids is 1. The van der Waals surface area contributed by atoms with E-state index in [1.807, 2.05) is 12.1 Å². The molecule has 0 atom stereocenters. The SMILES string of the molecule is CCCCCCCCCc1ccc(OCCOCCOCCOCCOCCOCC(=O)OC)cc1. The number of ether oxygens (including phenoxy) is 7. The Bertz CT molecular complexity index is 608. The maximum atomic E-state index is 10.8. The van der Waals surface area contributed by atoms with E-state index in [9.17, 15) is 4.79 Å². The Morgan fingerprint density at radius 3 is 1.61 bits per heavy atom. The van der Waals surface area contributed by atoms with Crippen molar-refractivity contribution in [1.29, 1.82) is 0 Å². The minimum atomic E-state index is -0.397. The molecule has 0 bridgehead atoms. The van der Waals surface area contributed by atoms with Gasteiger partial charge in [0.2, 0.25) is 0 Å². The first-order chi connectivity index (χ1) is 17.8. The van der Waals surface area contributed by atoms with Crippen LogP contribution in [-0.4, -0.2) is 85.8 Å². The summed E-state index contributed by atoms with van der Waals surface area (Å²) in [6, 6.07) is 8.42. The van der Waals surface area contributed by atoms with Crippen LogP contribution in [0.2, 0.25) is 0 Å². The van der Waals surface area contributed by atoms with E-state index in [4.69, 9.17) is 28.4 Å². The first-order valence-electron chi connectivity index (χ1n) is 13.4. The monoisotopic (exact) mass is 512 g/mol. The van der Waals surface area contributed by atoms with Crippen LogP contribution in [0, 0.1) is 0 Å². The van der Waals surface area contributed by atoms with Crippen LogP contribution in [0.5, 0.6) is 5.75 Å². The van der Waals surface area contributed by atoms with E-state index < -0.39 is 5.97 Å². The van der Waals surface area contributed by atoms with Crippen molar-refractivity contribution in [3.8, 4) is 5.75 Å².